The van der Waals surface area contributed by atoms with E-state index in [2.05, 4.69) is 29.3 Å². The molecule has 2 aliphatic heterocycles. The van der Waals surface area contributed by atoms with E-state index in [0.717, 1.165) is 48.8 Å². The molecule has 174 valence electrons. The second-order valence-electron chi connectivity index (χ2n) is 8.07. The number of nitrogens with one attached hydrogen (secondary N) is 1. The number of carbonyl (C=O) groups is 1. The Morgan fingerprint density at radius 1 is 1.06 bits per heavy atom. The number of amides is 1. The second-order valence-corrected chi connectivity index (χ2v) is 9.03. The monoisotopic (exact) mass is 466 g/mol. The zero-order valence-electron chi connectivity index (χ0n) is 19.3. The third-order valence-electron chi connectivity index (χ3n) is 5.99. The van der Waals surface area contributed by atoms with Gasteiger partial charge in [-0.1, -0.05) is 49.0 Å². The Kier molecular flexibility index (Phi) is 7.35. The summed E-state index contributed by atoms with van der Waals surface area (Å²) < 4.78 is 10.6. The lowest BCUT2D eigenvalue weighted by molar-refractivity contribution is -0.113. The number of ether oxygens (including phenoxy) is 2. The maximum atomic E-state index is 12.7. The van der Waals surface area contributed by atoms with Crippen molar-refractivity contribution >= 4 is 34.1 Å². The highest BCUT2D eigenvalue weighted by molar-refractivity contribution is 8.16. The predicted octanol–water partition coefficient (Wildman–Crippen LogP) is 4.09. The zero-order chi connectivity index (χ0) is 23.3. The molecule has 0 bridgehead atoms. The molecule has 0 radical (unpaired) electrons. The van der Waals surface area contributed by atoms with Crippen LogP contribution in [0.15, 0.2) is 58.5 Å². The minimum absolute atomic E-state index is 0.107. The van der Waals surface area contributed by atoms with Gasteiger partial charge in [0.05, 0.1) is 25.7 Å². The summed E-state index contributed by atoms with van der Waals surface area (Å²) in [6.07, 6.45) is 1.80. The van der Waals surface area contributed by atoms with Crippen molar-refractivity contribution in [3.63, 3.8) is 0 Å². The zero-order valence-corrected chi connectivity index (χ0v) is 20.2. The van der Waals surface area contributed by atoms with Crippen molar-refractivity contribution in [2.24, 2.45) is 9.98 Å². The molecule has 2 aromatic rings. The first-order valence-corrected chi connectivity index (χ1v) is 12.2. The Hall–Kier alpha value is -2.84. The molecule has 0 aliphatic carbocycles. The first-order chi connectivity index (χ1) is 16.1. The van der Waals surface area contributed by atoms with Crippen molar-refractivity contribution in [1.82, 2.24) is 4.90 Å². The number of nitrogens with zero attached hydrogens (tertiary/aromatic N) is 3. The smallest absolute Gasteiger partial charge is 0.234 e. The SMILES string of the molecule is CCN1CCC2(CC1)N=C(SCC(=O)Nc1ccc(OC)c(OC)c1)C(c1ccccc1)=N2. The van der Waals surface area contributed by atoms with E-state index in [0.29, 0.717) is 17.2 Å². The maximum Gasteiger partial charge on any atom is 0.234 e. The van der Waals surface area contributed by atoms with Gasteiger partial charge in [-0.3, -0.25) is 9.79 Å². The van der Waals surface area contributed by atoms with E-state index in [-0.39, 0.29) is 11.7 Å². The number of benzene rings is 2. The van der Waals surface area contributed by atoms with Gasteiger partial charge in [0.1, 0.15) is 5.04 Å². The van der Waals surface area contributed by atoms with E-state index in [1.165, 1.54) is 11.8 Å². The van der Waals surface area contributed by atoms with Crippen LogP contribution in [0.4, 0.5) is 5.69 Å². The number of methoxy groups -OCH3 is 2. The molecule has 4 rings (SSSR count). The van der Waals surface area contributed by atoms with Crippen molar-refractivity contribution < 1.29 is 14.3 Å². The number of thioether (sulfide) groups is 1. The van der Waals surface area contributed by atoms with E-state index >= 15 is 0 Å². The number of rotatable bonds is 7. The third kappa shape index (κ3) is 5.39. The second kappa shape index (κ2) is 10.4. The van der Waals surface area contributed by atoms with Gasteiger partial charge in [0.2, 0.25) is 5.91 Å². The highest BCUT2D eigenvalue weighted by Gasteiger charge is 2.39. The van der Waals surface area contributed by atoms with E-state index in [1.54, 1.807) is 32.4 Å². The Morgan fingerprint density at radius 2 is 1.79 bits per heavy atom. The van der Waals surface area contributed by atoms with Crippen LogP contribution >= 0.6 is 11.8 Å². The van der Waals surface area contributed by atoms with Crippen LogP contribution in [-0.2, 0) is 4.79 Å². The van der Waals surface area contributed by atoms with Gasteiger partial charge in [-0.15, -0.1) is 0 Å². The molecule has 8 heteroatoms. The minimum Gasteiger partial charge on any atom is -0.493 e. The van der Waals surface area contributed by atoms with Crippen molar-refractivity contribution in [3.05, 3.63) is 54.1 Å². The molecule has 2 aromatic carbocycles. The van der Waals surface area contributed by atoms with Crippen LogP contribution in [0.2, 0.25) is 0 Å². The molecule has 7 nitrogen and oxygen atoms in total. The highest BCUT2D eigenvalue weighted by atomic mass is 32.2. The fourth-order valence-electron chi connectivity index (χ4n) is 4.10. The highest BCUT2D eigenvalue weighted by Crippen LogP contribution is 2.35. The lowest BCUT2D eigenvalue weighted by Gasteiger charge is -2.34. The summed E-state index contributed by atoms with van der Waals surface area (Å²) in [6, 6.07) is 15.4. The van der Waals surface area contributed by atoms with Crippen LogP contribution in [-0.4, -0.2) is 66.8 Å². The van der Waals surface area contributed by atoms with Gasteiger partial charge in [0.25, 0.3) is 0 Å². The lowest BCUT2D eigenvalue weighted by atomic mass is 9.98. The van der Waals surface area contributed by atoms with Gasteiger partial charge in [0, 0.05) is 43.2 Å². The molecule has 2 heterocycles. The molecule has 0 aromatic heterocycles. The molecule has 1 spiro atoms. The Balaban J connectivity index is 1.47. The molecule has 1 saturated heterocycles. The van der Waals surface area contributed by atoms with Crippen molar-refractivity contribution in [3.8, 4) is 11.5 Å². The number of piperidine rings is 1. The summed E-state index contributed by atoms with van der Waals surface area (Å²) >= 11 is 1.44. The lowest BCUT2D eigenvalue weighted by Crippen LogP contribution is -2.41. The molecular formula is C25H30N4O3S. The van der Waals surface area contributed by atoms with E-state index < -0.39 is 5.66 Å². The normalized spacial score (nSPS) is 17.4. The molecule has 1 fully saturated rings. The number of hydrogen-bond donors (Lipinski definition) is 1. The van der Waals surface area contributed by atoms with Gasteiger partial charge >= 0.3 is 0 Å². The molecular weight excluding hydrogens is 436 g/mol. The fourth-order valence-corrected chi connectivity index (χ4v) is 4.98. The van der Waals surface area contributed by atoms with E-state index in [4.69, 9.17) is 19.5 Å². The average molecular weight is 467 g/mol. The average Bonchev–Trinajstić information content (AvgIpc) is 3.21. The van der Waals surface area contributed by atoms with Crippen LogP contribution in [0.5, 0.6) is 11.5 Å². The molecule has 0 unspecified atom stereocenters. The summed E-state index contributed by atoms with van der Waals surface area (Å²) in [6.45, 7) is 5.21. The molecule has 33 heavy (non-hydrogen) atoms. The maximum absolute atomic E-state index is 12.7. The Morgan fingerprint density at radius 3 is 2.45 bits per heavy atom. The van der Waals surface area contributed by atoms with Crippen LogP contribution in [0.3, 0.4) is 0 Å². The van der Waals surface area contributed by atoms with Gasteiger partial charge in [0.15, 0.2) is 17.2 Å². The number of aliphatic imine (C=N–C) groups is 2. The van der Waals surface area contributed by atoms with Crippen molar-refractivity contribution in [1.29, 1.82) is 0 Å². The third-order valence-corrected chi connectivity index (χ3v) is 6.96. The number of likely N-dealkylation sites (tertiary alicyclic amines) is 1. The van der Waals surface area contributed by atoms with Crippen molar-refractivity contribution in [2.75, 3.05) is 44.9 Å². The van der Waals surface area contributed by atoms with Crippen molar-refractivity contribution in [2.45, 2.75) is 25.4 Å². The molecule has 2 aliphatic rings. The first-order valence-electron chi connectivity index (χ1n) is 11.2. The van der Waals surface area contributed by atoms with Gasteiger partial charge < -0.3 is 19.7 Å². The van der Waals surface area contributed by atoms with Gasteiger partial charge in [-0.2, -0.15) is 0 Å². The predicted molar refractivity (Wildman–Crippen MR) is 135 cm³/mol. The largest absolute Gasteiger partial charge is 0.493 e. The van der Waals surface area contributed by atoms with Crippen LogP contribution < -0.4 is 14.8 Å². The number of carbonyl (C=O) groups excluding carboxylic acids is 1. The van der Waals surface area contributed by atoms with Crippen LogP contribution in [0, 0.1) is 0 Å². The summed E-state index contributed by atoms with van der Waals surface area (Å²) in [5.41, 5.74) is 2.19. The topological polar surface area (TPSA) is 75.5 Å². The fraction of sp³-hybridized carbons (Fsp3) is 0.400. The van der Waals surface area contributed by atoms with Crippen LogP contribution in [0.25, 0.3) is 0 Å². The number of hydrogen-bond acceptors (Lipinski definition) is 7. The standard InChI is InChI=1S/C25H30N4O3S/c1-4-29-14-12-25(13-15-29)27-23(18-8-6-5-7-9-18)24(28-25)33-17-22(30)26-19-10-11-20(31-2)21(16-19)32-3/h5-11,16H,4,12-15,17H2,1-3H3,(H,26,30). The molecule has 1 amide bonds. The summed E-state index contributed by atoms with van der Waals surface area (Å²) in [7, 11) is 3.16. The Bertz CT molecular complexity index is 1050. The van der Waals surface area contributed by atoms with Crippen LogP contribution in [0.1, 0.15) is 25.3 Å². The number of anilines is 1. The molecule has 0 atom stereocenters. The Labute approximate surface area is 199 Å². The van der Waals surface area contributed by atoms with E-state index in [1.807, 2.05) is 18.2 Å². The quantitative estimate of drug-likeness (QED) is 0.665. The molecule has 1 N–H and O–H groups in total. The van der Waals surface area contributed by atoms with E-state index in [9.17, 15) is 4.79 Å². The summed E-state index contributed by atoms with van der Waals surface area (Å²) in [5.74, 6) is 1.33. The minimum atomic E-state index is -0.404. The summed E-state index contributed by atoms with van der Waals surface area (Å²) in [4.78, 5) is 25.3. The van der Waals surface area contributed by atoms with Gasteiger partial charge in [-0.25, -0.2) is 4.99 Å². The molecule has 0 saturated carbocycles. The summed E-state index contributed by atoms with van der Waals surface area (Å²) in [5, 5.41) is 3.78. The van der Waals surface area contributed by atoms with Gasteiger partial charge in [-0.05, 0) is 18.7 Å². The first kappa shape index (κ1) is 23.3.